The van der Waals surface area contributed by atoms with Gasteiger partial charge in [0, 0.05) is 0 Å². The van der Waals surface area contributed by atoms with Crippen molar-refractivity contribution in [3.63, 3.8) is 0 Å². The van der Waals surface area contributed by atoms with E-state index in [-0.39, 0.29) is 0 Å². The zero-order chi connectivity index (χ0) is 17.5. The molecule has 128 valence electrons. The van der Waals surface area contributed by atoms with Gasteiger partial charge in [0.2, 0.25) is 0 Å². The average molecular weight is 349 g/mol. The average Bonchev–Trinajstić information content (AvgIpc) is 2.56. The topological polar surface area (TPSA) is 44.8 Å². The summed E-state index contributed by atoms with van der Waals surface area (Å²) in [6.45, 7) is 6.73. The van der Waals surface area contributed by atoms with Crippen LogP contribution in [0.4, 0.5) is 0 Å². The molecule has 0 atom stereocenters. The summed E-state index contributed by atoms with van der Waals surface area (Å²) >= 11 is 6.31. The van der Waals surface area contributed by atoms with Gasteiger partial charge in [0.1, 0.15) is 6.61 Å². The molecule has 2 aromatic carbocycles. The second kappa shape index (κ2) is 8.60. The SMILES string of the molecule is CCOC(=O)c1cc(Cl)c(OCc2ccccc2C)c(OCC)c1. The molecule has 0 N–H and O–H groups in total. The summed E-state index contributed by atoms with van der Waals surface area (Å²) in [5.41, 5.74) is 2.54. The Kier molecular flexibility index (Phi) is 6.50. The van der Waals surface area contributed by atoms with Crippen molar-refractivity contribution in [2.75, 3.05) is 13.2 Å². The molecule has 0 saturated heterocycles. The molecule has 0 saturated carbocycles. The highest BCUT2D eigenvalue weighted by Crippen LogP contribution is 2.37. The van der Waals surface area contributed by atoms with Crippen LogP contribution in [0.1, 0.15) is 35.3 Å². The van der Waals surface area contributed by atoms with Crippen LogP contribution < -0.4 is 9.47 Å². The summed E-state index contributed by atoms with van der Waals surface area (Å²) in [6, 6.07) is 11.1. The van der Waals surface area contributed by atoms with Crippen LogP contribution in [0.3, 0.4) is 0 Å². The zero-order valence-corrected chi connectivity index (χ0v) is 14.9. The quantitative estimate of drug-likeness (QED) is 0.674. The second-order valence-corrected chi connectivity index (χ2v) is 5.56. The molecule has 0 radical (unpaired) electrons. The minimum absolute atomic E-state index is 0.298. The first-order valence-electron chi connectivity index (χ1n) is 7.87. The third-order valence-electron chi connectivity index (χ3n) is 3.45. The largest absolute Gasteiger partial charge is 0.490 e. The van der Waals surface area contributed by atoms with Gasteiger partial charge in [0.05, 0.1) is 23.8 Å². The maximum absolute atomic E-state index is 11.9. The third kappa shape index (κ3) is 4.42. The van der Waals surface area contributed by atoms with E-state index in [1.54, 1.807) is 13.0 Å². The molecular formula is C19H21ClO4. The van der Waals surface area contributed by atoms with Gasteiger partial charge in [-0.25, -0.2) is 4.79 Å². The number of aryl methyl sites for hydroxylation is 1. The Morgan fingerprint density at radius 1 is 1.08 bits per heavy atom. The summed E-state index contributed by atoms with van der Waals surface area (Å²) in [5, 5.41) is 0.317. The van der Waals surface area contributed by atoms with E-state index in [4.69, 9.17) is 25.8 Å². The summed E-state index contributed by atoms with van der Waals surface area (Å²) in [5.74, 6) is 0.419. The molecule has 2 aromatic rings. The molecule has 4 nitrogen and oxygen atoms in total. The Morgan fingerprint density at radius 3 is 2.50 bits per heavy atom. The number of rotatable bonds is 7. The van der Waals surface area contributed by atoms with Crippen molar-refractivity contribution in [1.29, 1.82) is 0 Å². The van der Waals surface area contributed by atoms with E-state index in [0.717, 1.165) is 11.1 Å². The van der Waals surface area contributed by atoms with Gasteiger partial charge in [-0.15, -0.1) is 0 Å². The van der Waals surface area contributed by atoms with Crippen LogP contribution >= 0.6 is 11.6 Å². The molecule has 0 bridgehead atoms. The Hall–Kier alpha value is -2.20. The number of hydrogen-bond acceptors (Lipinski definition) is 4. The molecule has 24 heavy (non-hydrogen) atoms. The lowest BCUT2D eigenvalue weighted by molar-refractivity contribution is 0.0525. The van der Waals surface area contributed by atoms with Gasteiger partial charge >= 0.3 is 5.97 Å². The van der Waals surface area contributed by atoms with Crippen LogP contribution in [0.25, 0.3) is 0 Å². The smallest absolute Gasteiger partial charge is 0.338 e. The molecule has 0 aromatic heterocycles. The maximum atomic E-state index is 11.9. The molecular weight excluding hydrogens is 328 g/mol. The number of halogens is 1. The zero-order valence-electron chi connectivity index (χ0n) is 14.1. The molecule has 2 rings (SSSR count). The molecule has 0 fully saturated rings. The lowest BCUT2D eigenvalue weighted by Gasteiger charge is -2.15. The number of hydrogen-bond donors (Lipinski definition) is 0. The number of esters is 1. The summed E-state index contributed by atoms with van der Waals surface area (Å²) < 4.78 is 16.5. The van der Waals surface area contributed by atoms with E-state index in [0.29, 0.717) is 41.9 Å². The monoisotopic (exact) mass is 348 g/mol. The van der Waals surface area contributed by atoms with Gasteiger partial charge in [-0.1, -0.05) is 35.9 Å². The van der Waals surface area contributed by atoms with Gasteiger partial charge in [-0.3, -0.25) is 0 Å². The predicted octanol–water partition coefficient (Wildman–Crippen LogP) is 4.80. The van der Waals surface area contributed by atoms with Crippen molar-refractivity contribution in [2.45, 2.75) is 27.4 Å². The highest BCUT2D eigenvalue weighted by molar-refractivity contribution is 6.32. The second-order valence-electron chi connectivity index (χ2n) is 5.15. The first-order chi connectivity index (χ1) is 11.6. The highest BCUT2D eigenvalue weighted by atomic mass is 35.5. The number of carbonyl (C=O) groups is 1. The van der Waals surface area contributed by atoms with Gasteiger partial charge < -0.3 is 14.2 Å². The highest BCUT2D eigenvalue weighted by Gasteiger charge is 2.17. The number of benzene rings is 2. The first-order valence-corrected chi connectivity index (χ1v) is 8.25. The summed E-state index contributed by atoms with van der Waals surface area (Å²) in [6.07, 6.45) is 0. The molecule has 0 unspecified atom stereocenters. The van der Waals surface area contributed by atoms with Crippen molar-refractivity contribution < 1.29 is 19.0 Å². The van der Waals surface area contributed by atoms with Gasteiger partial charge in [-0.05, 0) is 44.0 Å². The van der Waals surface area contributed by atoms with Crippen molar-refractivity contribution >= 4 is 17.6 Å². The fourth-order valence-corrected chi connectivity index (χ4v) is 2.49. The molecule has 0 aliphatic carbocycles. The van der Waals surface area contributed by atoms with Crippen LogP contribution in [-0.4, -0.2) is 19.2 Å². The van der Waals surface area contributed by atoms with Crippen LogP contribution in [0, 0.1) is 6.92 Å². The molecule has 0 aliphatic heterocycles. The third-order valence-corrected chi connectivity index (χ3v) is 3.73. The Balaban J connectivity index is 2.28. The van der Waals surface area contributed by atoms with Crippen molar-refractivity contribution in [3.8, 4) is 11.5 Å². The van der Waals surface area contributed by atoms with E-state index in [1.807, 2.05) is 38.1 Å². The maximum Gasteiger partial charge on any atom is 0.338 e. The molecule has 0 heterocycles. The standard InChI is InChI=1S/C19H21ClO4/c1-4-22-17-11-15(19(21)23-5-2)10-16(20)18(17)24-12-14-9-7-6-8-13(14)3/h6-11H,4-5,12H2,1-3H3. The van der Waals surface area contributed by atoms with Crippen molar-refractivity contribution in [3.05, 3.63) is 58.1 Å². The number of ether oxygens (including phenoxy) is 3. The first kappa shape index (κ1) is 18.1. The summed E-state index contributed by atoms with van der Waals surface area (Å²) in [4.78, 5) is 11.9. The summed E-state index contributed by atoms with van der Waals surface area (Å²) in [7, 11) is 0. The van der Waals surface area contributed by atoms with Crippen LogP contribution in [-0.2, 0) is 11.3 Å². The minimum Gasteiger partial charge on any atom is -0.490 e. The number of carbonyl (C=O) groups excluding carboxylic acids is 1. The van der Waals surface area contributed by atoms with E-state index < -0.39 is 5.97 Å². The van der Waals surface area contributed by atoms with E-state index in [9.17, 15) is 4.79 Å². The van der Waals surface area contributed by atoms with Crippen LogP contribution in [0.15, 0.2) is 36.4 Å². The normalized spacial score (nSPS) is 10.3. The van der Waals surface area contributed by atoms with Crippen molar-refractivity contribution in [2.24, 2.45) is 0 Å². The Morgan fingerprint density at radius 2 is 1.83 bits per heavy atom. The predicted molar refractivity (Wildman–Crippen MR) is 94.1 cm³/mol. The van der Waals surface area contributed by atoms with Gasteiger partial charge in [-0.2, -0.15) is 0 Å². The van der Waals surface area contributed by atoms with E-state index in [2.05, 4.69) is 0 Å². The lowest BCUT2D eigenvalue weighted by atomic mass is 10.1. The van der Waals surface area contributed by atoms with Gasteiger partial charge in [0.25, 0.3) is 0 Å². The fraction of sp³-hybridized carbons (Fsp3) is 0.316. The van der Waals surface area contributed by atoms with Gasteiger partial charge in [0.15, 0.2) is 11.5 Å². The Labute approximate surface area is 147 Å². The van der Waals surface area contributed by atoms with E-state index >= 15 is 0 Å². The minimum atomic E-state index is -0.439. The van der Waals surface area contributed by atoms with Crippen LogP contribution in [0.2, 0.25) is 5.02 Å². The molecule has 0 spiro atoms. The van der Waals surface area contributed by atoms with Crippen LogP contribution in [0.5, 0.6) is 11.5 Å². The lowest BCUT2D eigenvalue weighted by Crippen LogP contribution is -2.07. The molecule has 0 amide bonds. The molecule has 0 aliphatic rings. The Bertz CT molecular complexity index is 713. The fourth-order valence-electron chi connectivity index (χ4n) is 2.23. The molecule has 5 heteroatoms. The van der Waals surface area contributed by atoms with Crippen molar-refractivity contribution in [1.82, 2.24) is 0 Å². The van der Waals surface area contributed by atoms with E-state index in [1.165, 1.54) is 6.07 Å².